The Hall–Kier alpha value is -2.15. The van der Waals surface area contributed by atoms with Crippen LogP contribution >= 0.6 is 0 Å². The number of hydrogen-bond donors (Lipinski definition) is 3. The second-order valence-electron chi connectivity index (χ2n) is 6.13. The Morgan fingerprint density at radius 2 is 2.18 bits per heavy atom. The third-order valence-electron chi connectivity index (χ3n) is 4.36. The van der Waals surface area contributed by atoms with E-state index >= 15 is 0 Å². The lowest BCUT2D eigenvalue weighted by Crippen LogP contribution is -2.10. The van der Waals surface area contributed by atoms with Gasteiger partial charge in [0.2, 0.25) is 5.95 Å². The quantitative estimate of drug-likeness (QED) is 0.723. The molecule has 0 spiro atoms. The molecule has 2 aliphatic rings. The maximum Gasteiger partial charge on any atom is 0.224 e. The zero-order chi connectivity index (χ0) is 15.1. The van der Waals surface area contributed by atoms with Crippen LogP contribution in [0.5, 0.6) is 0 Å². The number of nitrogens with two attached hydrogens (primary N) is 1. The minimum atomic E-state index is 0.213. The van der Waals surface area contributed by atoms with Gasteiger partial charge in [-0.15, -0.1) is 0 Å². The number of rotatable bonds is 5. The predicted molar refractivity (Wildman–Crippen MR) is 84.4 cm³/mol. The third-order valence-corrected chi connectivity index (χ3v) is 4.36. The lowest BCUT2D eigenvalue weighted by atomic mass is 10.0. The summed E-state index contributed by atoms with van der Waals surface area (Å²) in [7, 11) is 0. The summed E-state index contributed by atoms with van der Waals surface area (Å²) in [6, 6.07) is 0.701. The minimum absolute atomic E-state index is 0.213. The smallest absolute Gasteiger partial charge is 0.224 e. The van der Waals surface area contributed by atoms with Crippen molar-refractivity contribution in [1.82, 2.24) is 19.5 Å². The van der Waals surface area contributed by atoms with Gasteiger partial charge in [0.15, 0.2) is 17.0 Å². The summed E-state index contributed by atoms with van der Waals surface area (Å²) in [4.78, 5) is 13.2. The van der Waals surface area contributed by atoms with Crippen LogP contribution in [-0.2, 0) is 0 Å². The van der Waals surface area contributed by atoms with E-state index in [-0.39, 0.29) is 18.6 Å². The molecule has 2 aromatic heterocycles. The molecule has 0 bridgehead atoms. The Bertz CT molecular complexity index is 720. The Balaban J connectivity index is 1.67. The Morgan fingerprint density at radius 3 is 2.95 bits per heavy atom. The normalized spacial score (nSPS) is 24.2. The number of allylic oxidation sites excluding steroid dienone is 2. The van der Waals surface area contributed by atoms with Crippen molar-refractivity contribution in [3.05, 3.63) is 18.5 Å². The largest absolute Gasteiger partial charge is 0.396 e. The molecule has 22 heavy (non-hydrogen) atoms. The minimum Gasteiger partial charge on any atom is -0.396 e. The summed E-state index contributed by atoms with van der Waals surface area (Å²) in [5.74, 6) is 1.42. The van der Waals surface area contributed by atoms with E-state index in [1.807, 2.05) is 6.33 Å². The first-order valence-electron chi connectivity index (χ1n) is 7.80. The number of aliphatic hydroxyl groups is 1. The molecule has 2 aromatic rings. The predicted octanol–water partition coefficient (Wildman–Crippen LogP) is 1.48. The van der Waals surface area contributed by atoms with Crippen molar-refractivity contribution in [2.24, 2.45) is 5.92 Å². The lowest BCUT2D eigenvalue weighted by molar-refractivity contribution is 0.265. The van der Waals surface area contributed by atoms with Crippen LogP contribution in [0, 0.1) is 5.92 Å². The monoisotopic (exact) mass is 300 g/mol. The van der Waals surface area contributed by atoms with Gasteiger partial charge in [-0.3, -0.25) is 0 Å². The summed E-state index contributed by atoms with van der Waals surface area (Å²) < 4.78 is 2.05. The number of hydrogen-bond acceptors (Lipinski definition) is 6. The highest BCUT2D eigenvalue weighted by Crippen LogP contribution is 2.33. The molecule has 0 aliphatic heterocycles. The van der Waals surface area contributed by atoms with E-state index in [1.165, 1.54) is 12.8 Å². The van der Waals surface area contributed by atoms with E-state index < -0.39 is 0 Å². The molecule has 0 saturated heterocycles. The van der Waals surface area contributed by atoms with Crippen molar-refractivity contribution < 1.29 is 5.11 Å². The number of fused-ring (bicyclic) bond motifs is 1. The molecule has 116 valence electrons. The SMILES string of the molecule is Nc1nc(NC2CC2)c2ncn([C@H]3C=C[C@H](CCO)C3)c2n1. The lowest BCUT2D eigenvalue weighted by Gasteiger charge is -2.13. The molecule has 0 unspecified atom stereocenters. The molecular formula is C15H20N6O. The standard InChI is InChI=1S/C15H20N6O/c16-15-19-13(18-10-2-3-10)12-14(20-15)21(8-17-12)11-4-1-9(7-11)5-6-22/h1,4,8-11,22H,2-3,5-7H2,(H3,16,18,19,20)/t9-,11+/m1/s1. The van der Waals surface area contributed by atoms with Crippen molar-refractivity contribution in [2.75, 3.05) is 17.7 Å². The number of nitrogens with zero attached hydrogens (tertiary/aromatic N) is 4. The van der Waals surface area contributed by atoms with Gasteiger partial charge in [0.25, 0.3) is 0 Å². The van der Waals surface area contributed by atoms with Crippen molar-refractivity contribution in [3.8, 4) is 0 Å². The zero-order valence-electron chi connectivity index (χ0n) is 12.3. The van der Waals surface area contributed by atoms with Crippen LogP contribution in [0.2, 0.25) is 0 Å². The summed E-state index contributed by atoms with van der Waals surface area (Å²) in [6.07, 6.45) is 10.2. The van der Waals surface area contributed by atoms with Crippen LogP contribution in [0.15, 0.2) is 18.5 Å². The first-order chi connectivity index (χ1) is 10.7. The number of anilines is 2. The highest BCUT2D eigenvalue weighted by Gasteiger charge is 2.26. The fraction of sp³-hybridized carbons (Fsp3) is 0.533. The molecule has 1 saturated carbocycles. The molecule has 2 heterocycles. The van der Waals surface area contributed by atoms with E-state index in [0.717, 1.165) is 29.8 Å². The molecule has 0 aromatic carbocycles. The van der Waals surface area contributed by atoms with Gasteiger partial charge >= 0.3 is 0 Å². The molecule has 2 aliphatic carbocycles. The van der Waals surface area contributed by atoms with E-state index in [0.29, 0.717) is 12.0 Å². The van der Waals surface area contributed by atoms with Crippen LogP contribution in [0.25, 0.3) is 11.2 Å². The van der Waals surface area contributed by atoms with E-state index in [2.05, 4.69) is 37.0 Å². The third kappa shape index (κ3) is 2.41. The Kier molecular flexibility index (Phi) is 3.22. The van der Waals surface area contributed by atoms with Crippen LogP contribution in [-0.4, -0.2) is 37.3 Å². The van der Waals surface area contributed by atoms with E-state index in [4.69, 9.17) is 10.8 Å². The van der Waals surface area contributed by atoms with Crippen molar-refractivity contribution >= 4 is 22.9 Å². The van der Waals surface area contributed by atoms with Gasteiger partial charge < -0.3 is 20.7 Å². The van der Waals surface area contributed by atoms with E-state index in [1.54, 1.807) is 0 Å². The van der Waals surface area contributed by atoms with Gasteiger partial charge in [0.1, 0.15) is 0 Å². The van der Waals surface area contributed by atoms with Gasteiger partial charge in [0, 0.05) is 12.6 Å². The number of imidazole rings is 1. The maximum absolute atomic E-state index is 9.08. The topological polar surface area (TPSA) is 102 Å². The molecule has 0 radical (unpaired) electrons. The number of aliphatic hydroxyl groups excluding tert-OH is 1. The zero-order valence-corrected chi connectivity index (χ0v) is 12.3. The van der Waals surface area contributed by atoms with Crippen molar-refractivity contribution in [1.29, 1.82) is 0 Å². The van der Waals surface area contributed by atoms with Crippen LogP contribution in [0.1, 0.15) is 31.7 Å². The van der Waals surface area contributed by atoms with Crippen LogP contribution in [0.3, 0.4) is 0 Å². The van der Waals surface area contributed by atoms with Crippen LogP contribution in [0.4, 0.5) is 11.8 Å². The van der Waals surface area contributed by atoms with Gasteiger partial charge in [0.05, 0.1) is 12.4 Å². The summed E-state index contributed by atoms with van der Waals surface area (Å²) in [5, 5.41) is 12.5. The molecule has 0 amide bonds. The summed E-state index contributed by atoms with van der Waals surface area (Å²) in [5.41, 5.74) is 7.42. The average Bonchev–Trinajstić information content (AvgIpc) is 3.02. The first-order valence-corrected chi connectivity index (χ1v) is 7.80. The maximum atomic E-state index is 9.08. The van der Waals surface area contributed by atoms with Gasteiger partial charge in [-0.1, -0.05) is 12.2 Å². The average molecular weight is 300 g/mol. The molecule has 4 rings (SSSR count). The Morgan fingerprint density at radius 1 is 1.32 bits per heavy atom. The van der Waals surface area contributed by atoms with Crippen molar-refractivity contribution in [2.45, 2.75) is 37.8 Å². The summed E-state index contributed by atoms with van der Waals surface area (Å²) >= 11 is 0. The molecule has 1 fully saturated rings. The number of nitrogens with one attached hydrogen (secondary N) is 1. The second-order valence-corrected chi connectivity index (χ2v) is 6.13. The fourth-order valence-electron chi connectivity index (χ4n) is 3.04. The van der Waals surface area contributed by atoms with E-state index in [9.17, 15) is 0 Å². The Labute approximate surface area is 128 Å². The number of aromatic nitrogens is 4. The molecule has 7 heteroatoms. The van der Waals surface area contributed by atoms with Gasteiger partial charge in [-0.25, -0.2) is 4.98 Å². The van der Waals surface area contributed by atoms with Gasteiger partial charge in [-0.05, 0) is 31.6 Å². The van der Waals surface area contributed by atoms with Gasteiger partial charge in [-0.2, -0.15) is 9.97 Å². The molecule has 2 atom stereocenters. The summed E-state index contributed by atoms with van der Waals surface area (Å²) in [6.45, 7) is 0.219. The molecule has 4 N–H and O–H groups in total. The molecular weight excluding hydrogens is 280 g/mol. The van der Waals surface area contributed by atoms with Crippen molar-refractivity contribution in [3.63, 3.8) is 0 Å². The highest BCUT2D eigenvalue weighted by molar-refractivity contribution is 5.84. The molecule has 7 nitrogen and oxygen atoms in total. The second kappa shape index (κ2) is 5.24. The highest BCUT2D eigenvalue weighted by atomic mass is 16.3. The van der Waals surface area contributed by atoms with Crippen LogP contribution < -0.4 is 11.1 Å². The number of nitrogen functional groups attached to an aromatic ring is 1. The fourth-order valence-corrected chi connectivity index (χ4v) is 3.04. The first kappa shape index (κ1) is 13.5.